The molecule has 1 aromatic carbocycles. The Hall–Kier alpha value is -1.85. The molecule has 1 aromatic heterocycles. The molecule has 0 spiro atoms. The van der Waals surface area contributed by atoms with Crippen LogP contribution in [0.1, 0.15) is 22.2 Å². The predicted octanol–water partition coefficient (Wildman–Crippen LogP) is 2.91. The van der Waals surface area contributed by atoms with E-state index < -0.39 is 0 Å². The van der Waals surface area contributed by atoms with Crippen molar-refractivity contribution in [1.29, 1.82) is 0 Å². The van der Waals surface area contributed by atoms with Crippen molar-refractivity contribution < 1.29 is 15.0 Å². The van der Waals surface area contributed by atoms with Gasteiger partial charge in [-0.2, -0.15) is 0 Å². The first-order valence-corrected chi connectivity index (χ1v) is 7.63. The predicted molar refractivity (Wildman–Crippen MR) is 84.2 cm³/mol. The molecule has 1 atom stereocenters. The largest absolute Gasteiger partial charge is 0.508 e. The molecule has 0 saturated heterocycles. The molecule has 0 aliphatic heterocycles. The summed E-state index contributed by atoms with van der Waals surface area (Å²) in [5.74, 6) is -0.393. The number of aromatic hydroxyl groups is 2. The van der Waals surface area contributed by atoms with Crippen molar-refractivity contribution in [2.24, 2.45) is 0 Å². The first-order valence-electron chi connectivity index (χ1n) is 6.75. The molecule has 2 N–H and O–H groups in total. The van der Waals surface area contributed by atoms with E-state index in [1.807, 2.05) is 23.4 Å². The van der Waals surface area contributed by atoms with Gasteiger partial charge in [0.2, 0.25) is 0 Å². The van der Waals surface area contributed by atoms with Crippen molar-refractivity contribution in [3.63, 3.8) is 0 Å². The standard InChI is InChI=1S/C16H19NO3S/c1-11(8-13-4-3-7-21-13)17(2)10-16(20)14-6-5-12(18)9-15(14)19/h3-7,9,11,18-19H,8,10H2,1-2H3. The third-order valence-corrected chi connectivity index (χ3v) is 4.40. The van der Waals surface area contributed by atoms with Crippen LogP contribution in [-0.2, 0) is 6.42 Å². The normalized spacial score (nSPS) is 12.5. The molecule has 1 heterocycles. The van der Waals surface area contributed by atoms with Gasteiger partial charge in [-0.1, -0.05) is 6.07 Å². The Bertz CT molecular complexity index is 610. The third-order valence-electron chi connectivity index (χ3n) is 3.50. The lowest BCUT2D eigenvalue weighted by atomic mass is 10.1. The number of ketones is 1. The molecule has 0 bridgehead atoms. The van der Waals surface area contributed by atoms with E-state index in [0.717, 1.165) is 6.42 Å². The number of benzene rings is 1. The van der Waals surface area contributed by atoms with Crippen LogP contribution in [0.3, 0.4) is 0 Å². The second-order valence-electron chi connectivity index (χ2n) is 5.17. The highest BCUT2D eigenvalue weighted by Crippen LogP contribution is 2.23. The van der Waals surface area contributed by atoms with E-state index in [-0.39, 0.29) is 35.4 Å². The molecular formula is C16H19NO3S. The molecule has 5 heteroatoms. The van der Waals surface area contributed by atoms with Crippen LogP contribution in [0.4, 0.5) is 0 Å². The van der Waals surface area contributed by atoms with Crippen LogP contribution in [-0.4, -0.2) is 40.5 Å². The summed E-state index contributed by atoms with van der Waals surface area (Å²) in [5, 5.41) is 21.0. The van der Waals surface area contributed by atoms with Crippen molar-refractivity contribution in [1.82, 2.24) is 4.90 Å². The minimum absolute atomic E-state index is 0.0523. The zero-order valence-corrected chi connectivity index (χ0v) is 12.9. The van der Waals surface area contributed by atoms with E-state index in [0.29, 0.717) is 0 Å². The molecule has 0 aliphatic carbocycles. The average molecular weight is 305 g/mol. The molecule has 21 heavy (non-hydrogen) atoms. The van der Waals surface area contributed by atoms with Gasteiger partial charge in [-0.15, -0.1) is 11.3 Å². The quantitative estimate of drug-likeness (QED) is 0.806. The summed E-state index contributed by atoms with van der Waals surface area (Å²) >= 11 is 1.71. The summed E-state index contributed by atoms with van der Waals surface area (Å²) in [6.45, 7) is 2.30. The fraction of sp³-hybridized carbons (Fsp3) is 0.312. The Morgan fingerprint density at radius 3 is 2.71 bits per heavy atom. The van der Waals surface area contributed by atoms with Crippen molar-refractivity contribution in [3.8, 4) is 11.5 Å². The number of Topliss-reactive ketones (excluding diaryl/α,β-unsaturated/α-hetero) is 1. The third kappa shape index (κ3) is 4.06. The van der Waals surface area contributed by atoms with Gasteiger partial charge in [0.25, 0.3) is 0 Å². The Morgan fingerprint density at radius 1 is 1.33 bits per heavy atom. The lowest BCUT2D eigenvalue weighted by molar-refractivity contribution is 0.0922. The van der Waals surface area contributed by atoms with Crippen LogP contribution in [0.25, 0.3) is 0 Å². The van der Waals surface area contributed by atoms with Crippen LogP contribution >= 0.6 is 11.3 Å². The van der Waals surface area contributed by atoms with Crippen LogP contribution in [0, 0.1) is 0 Å². The zero-order chi connectivity index (χ0) is 15.4. The van der Waals surface area contributed by atoms with E-state index in [1.54, 1.807) is 11.3 Å². The van der Waals surface area contributed by atoms with Crippen LogP contribution in [0.5, 0.6) is 11.5 Å². The number of phenolic OH excluding ortho intramolecular Hbond substituents is 2. The lowest BCUT2D eigenvalue weighted by Crippen LogP contribution is -2.35. The maximum absolute atomic E-state index is 12.2. The zero-order valence-electron chi connectivity index (χ0n) is 12.1. The van der Waals surface area contributed by atoms with E-state index in [2.05, 4.69) is 13.0 Å². The van der Waals surface area contributed by atoms with Gasteiger partial charge in [-0.3, -0.25) is 9.69 Å². The highest BCUT2D eigenvalue weighted by Gasteiger charge is 2.17. The summed E-state index contributed by atoms with van der Waals surface area (Å²) in [5.41, 5.74) is 0.239. The van der Waals surface area contributed by atoms with Gasteiger partial charge in [-0.25, -0.2) is 0 Å². The number of carbonyl (C=O) groups is 1. The Labute approximate surface area is 128 Å². The smallest absolute Gasteiger partial charge is 0.180 e. The molecule has 2 aromatic rings. The molecule has 0 aliphatic rings. The summed E-state index contributed by atoms with van der Waals surface area (Å²) < 4.78 is 0. The number of carbonyl (C=O) groups excluding carboxylic acids is 1. The van der Waals surface area contributed by atoms with Gasteiger partial charge >= 0.3 is 0 Å². The Balaban J connectivity index is 1.98. The van der Waals surface area contributed by atoms with Crippen LogP contribution in [0.2, 0.25) is 0 Å². The number of phenols is 2. The van der Waals surface area contributed by atoms with Crippen molar-refractivity contribution in [3.05, 3.63) is 46.2 Å². The lowest BCUT2D eigenvalue weighted by Gasteiger charge is -2.23. The number of nitrogens with zero attached hydrogens (tertiary/aromatic N) is 1. The maximum Gasteiger partial charge on any atom is 0.180 e. The number of rotatable bonds is 6. The average Bonchev–Trinajstić information content (AvgIpc) is 2.91. The first kappa shape index (κ1) is 15.5. The topological polar surface area (TPSA) is 60.8 Å². The SMILES string of the molecule is CC(Cc1cccs1)N(C)CC(=O)c1ccc(O)cc1O. The number of thiophene rings is 1. The maximum atomic E-state index is 12.2. The number of hydrogen-bond donors (Lipinski definition) is 2. The molecule has 112 valence electrons. The van der Waals surface area contributed by atoms with Gasteiger partial charge in [0.05, 0.1) is 12.1 Å². The van der Waals surface area contributed by atoms with Crippen LogP contribution < -0.4 is 0 Å². The molecule has 0 saturated carbocycles. The van der Waals surface area contributed by atoms with E-state index in [9.17, 15) is 15.0 Å². The van der Waals surface area contributed by atoms with Gasteiger partial charge < -0.3 is 10.2 Å². The van der Waals surface area contributed by atoms with Crippen molar-refractivity contribution in [2.75, 3.05) is 13.6 Å². The monoisotopic (exact) mass is 305 g/mol. The summed E-state index contributed by atoms with van der Waals surface area (Å²) in [7, 11) is 1.90. The Morgan fingerprint density at radius 2 is 2.10 bits per heavy atom. The van der Waals surface area contributed by atoms with Gasteiger partial charge in [-0.05, 0) is 44.0 Å². The number of hydrogen-bond acceptors (Lipinski definition) is 5. The highest BCUT2D eigenvalue weighted by atomic mass is 32.1. The highest BCUT2D eigenvalue weighted by molar-refractivity contribution is 7.09. The van der Waals surface area contributed by atoms with Crippen molar-refractivity contribution >= 4 is 17.1 Å². The van der Waals surface area contributed by atoms with E-state index >= 15 is 0 Å². The second-order valence-corrected chi connectivity index (χ2v) is 6.20. The minimum Gasteiger partial charge on any atom is -0.508 e. The molecular weight excluding hydrogens is 286 g/mol. The summed E-state index contributed by atoms with van der Waals surface area (Å²) in [6, 6.07) is 8.37. The fourth-order valence-electron chi connectivity index (χ4n) is 2.10. The minimum atomic E-state index is -0.181. The van der Waals surface area contributed by atoms with E-state index in [4.69, 9.17) is 0 Å². The molecule has 4 nitrogen and oxygen atoms in total. The second kappa shape index (κ2) is 6.74. The molecule has 0 fully saturated rings. The Kier molecular flexibility index (Phi) is 4.98. The molecule has 0 amide bonds. The molecule has 2 rings (SSSR count). The number of likely N-dealkylation sites (N-methyl/N-ethyl adjacent to an activating group) is 1. The summed E-state index contributed by atoms with van der Waals surface area (Å²) in [6.07, 6.45) is 0.892. The first-order chi connectivity index (χ1) is 9.97. The van der Waals surface area contributed by atoms with Gasteiger partial charge in [0.1, 0.15) is 11.5 Å². The summed E-state index contributed by atoms with van der Waals surface area (Å²) in [4.78, 5) is 15.5. The fourth-order valence-corrected chi connectivity index (χ4v) is 2.93. The van der Waals surface area contributed by atoms with E-state index in [1.165, 1.54) is 23.1 Å². The van der Waals surface area contributed by atoms with Crippen molar-refractivity contribution in [2.45, 2.75) is 19.4 Å². The van der Waals surface area contributed by atoms with Gasteiger partial charge in [0.15, 0.2) is 5.78 Å². The molecule has 0 radical (unpaired) electrons. The van der Waals surface area contributed by atoms with Gasteiger partial charge in [0, 0.05) is 17.0 Å². The van der Waals surface area contributed by atoms with Crippen LogP contribution in [0.15, 0.2) is 35.7 Å². The molecule has 1 unspecified atom stereocenters.